The third-order valence-electron chi connectivity index (χ3n) is 1.27. The summed E-state index contributed by atoms with van der Waals surface area (Å²) in [5.41, 5.74) is 0.171. The highest BCUT2D eigenvalue weighted by Gasteiger charge is 2.28. The summed E-state index contributed by atoms with van der Waals surface area (Å²) in [5.74, 6) is -0.0769. The Bertz CT molecular complexity index is 325. The molecule has 0 atom stereocenters. The van der Waals surface area contributed by atoms with Crippen molar-refractivity contribution in [2.75, 3.05) is 6.61 Å². The quantitative estimate of drug-likeness (QED) is 0.706. The smallest absolute Gasteiger partial charge is 0.422 e. The van der Waals surface area contributed by atoms with Crippen molar-refractivity contribution in [1.82, 2.24) is 4.98 Å². The molecule has 1 heterocycles. The van der Waals surface area contributed by atoms with Crippen molar-refractivity contribution < 1.29 is 22.7 Å². The van der Waals surface area contributed by atoms with Crippen molar-refractivity contribution in [3.63, 3.8) is 0 Å². The lowest BCUT2D eigenvalue weighted by Crippen LogP contribution is -2.19. The molecule has 0 N–H and O–H groups in total. The van der Waals surface area contributed by atoms with E-state index in [0.29, 0.717) is 6.29 Å². The van der Waals surface area contributed by atoms with Gasteiger partial charge in [-0.05, 0) is 6.07 Å². The number of rotatable bonds is 3. The first-order valence-corrected chi connectivity index (χ1v) is 3.61. The van der Waals surface area contributed by atoms with Gasteiger partial charge < -0.3 is 4.74 Å². The summed E-state index contributed by atoms with van der Waals surface area (Å²) >= 11 is 0. The second-order valence-electron chi connectivity index (χ2n) is 2.48. The lowest BCUT2D eigenvalue weighted by atomic mass is 10.3. The van der Waals surface area contributed by atoms with Gasteiger partial charge in [-0.1, -0.05) is 0 Å². The van der Waals surface area contributed by atoms with E-state index >= 15 is 0 Å². The van der Waals surface area contributed by atoms with E-state index in [4.69, 9.17) is 0 Å². The maximum Gasteiger partial charge on any atom is 0.422 e. The lowest BCUT2D eigenvalue weighted by Gasteiger charge is -2.08. The average Bonchev–Trinajstić information content (AvgIpc) is 2.14. The highest BCUT2D eigenvalue weighted by atomic mass is 19.4. The number of aldehydes is 1. The topological polar surface area (TPSA) is 39.2 Å². The number of halogens is 3. The monoisotopic (exact) mass is 205 g/mol. The van der Waals surface area contributed by atoms with Crippen LogP contribution in [0, 0.1) is 0 Å². The van der Waals surface area contributed by atoms with Crippen LogP contribution in [0.5, 0.6) is 5.75 Å². The van der Waals surface area contributed by atoms with Crippen LogP contribution in [0.4, 0.5) is 13.2 Å². The zero-order valence-corrected chi connectivity index (χ0v) is 6.91. The zero-order valence-electron chi connectivity index (χ0n) is 6.91. The number of aromatic nitrogens is 1. The molecule has 1 rings (SSSR count). The predicted octanol–water partition coefficient (Wildman–Crippen LogP) is 1.84. The Kier molecular flexibility index (Phi) is 3.06. The van der Waals surface area contributed by atoms with Crippen LogP contribution < -0.4 is 4.74 Å². The first-order chi connectivity index (χ1) is 6.51. The number of hydrogen-bond donors (Lipinski definition) is 0. The largest absolute Gasteiger partial charge is 0.482 e. The SMILES string of the molecule is O=Cc1cncc(OCC(F)(F)F)c1. The molecule has 0 spiro atoms. The molecule has 0 radical (unpaired) electrons. The summed E-state index contributed by atoms with van der Waals surface area (Å²) in [6.07, 6.45) is -1.57. The maximum atomic E-state index is 11.7. The second-order valence-corrected chi connectivity index (χ2v) is 2.48. The van der Waals surface area contributed by atoms with Crippen LogP contribution >= 0.6 is 0 Å². The Hall–Kier alpha value is -1.59. The molecule has 3 nitrogen and oxygen atoms in total. The van der Waals surface area contributed by atoms with Crippen molar-refractivity contribution in [3.05, 3.63) is 24.0 Å². The minimum atomic E-state index is -4.39. The number of carbonyl (C=O) groups excluding carboxylic acids is 1. The van der Waals surface area contributed by atoms with Gasteiger partial charge in [0, 0.05) is 11.8 Å². The van der Waals surface area contributed by atoms with Crippen molar-refractivity contribution in [1.29, 1.82) is 0 Å². The molecule has 0 aliphatic carbocycles. The van der Waals surface area contributed by atoms with Crippen LogP contribution in [-0.4, -0.2) is 24.1 Å². The molecule has 0 fully saturated rings. The highest BCUT2D eigenvalue weighted by Crippen LogP contribution is 2.17. The van der Waals surface area contributed by atoms with Crippen LogP contribution in [-0.2, 0) is 0 Å². The molecule has 14 heavy (non-hydrogen) atoms. The van der Waals surface area contributed by atoms with E-state index in [0.717, 1.165) is 6.20 Å². The van der Waals surface area contributed by atoms with Crippen LogP contribution in [0.3, 0.4) is 0 Å². The van der Waals surface area contributed by atoms with E-state index in [1.807, 2.05) is 0 Å². The van der Waals surface area contributed by atoms with E-state index in [-0.39, 0.29) is 11.3 Å². The van der Waals surface area contributed by atoms with Gasteiger partial charge in [0.15, 0.2) is 12.9 Å². The maximum absolute atomic E-state index is 11.7. The van der Waals surface area contributed by atoms with E-state index in [2.05, 4.69) is 9.72 Å². The summed E-state index contributed by atoms with van der Waals surface area (Å²) in [6, 6.07) is 1.19. The van der Waals surface area contributed by atoms with Gasteiger partial charge in [-0.15, -0.1) is 0 Å². The van der Waals surface area contributed by atoms with Gasteiger partial charge in [-0.2, -0.15) is 13.2 Å². The number of ether oxygens (including phenoxy) is 1. The van der Waals surface area contributed by atoms with Gasteiger partial charge in [0.1, 0.15) is 5.75 Å². The second kappa shape index (κ2) is 4.08. The van der Waals surface area contributed by atoms with Gasteiger partial charge in [0.05, 0.1) is 6.20 Å². The number of hydrogen-bond acceptors (Lipinski definition) is 3. The number of alkyl halides is 3. The molecule has 1 aromatic rings. The molecule has 0 aliphatic rings. The van der Waals surface area contributed by atoms with Crippen molar-refractivity contribution in [2.24, 2.45) is 0 Å². The molecule has 0 unspecified atom stereocenters. The van der Waals surface area contributed by atoms with Crippen LogP contribution in [0.2, 0.25) is 0 Å². The van der Waals surface area contributed by atoms with Gasteiger partial charge in [-0.3, -0.25) is 9.78 Å². The molecular weight excluding hydrogens is 199 g/mol. The molecule has 0 aromatic carbocycles. The number of pyridine rings is 1. The predicted molar refractivity (Wildman–Crippen MR) is 41.2 cm³/mol. The van der Waals surface area contributed by atoms with Gasteiger partial charge in [0.25, 0.3) is 0 Å². The summed E-state index contributed by atoms with van der Waals surface area (Å²) in [7, 11) is 0. The van der Waals surface area contributed by atoms with Crippen molar-refractivity contribution >= 4 is 6.29 Å². The van der Waals surface area contributed by atoms with Gasteiger partial charge >= 0.3 is 6.18 Å². The van der Waals surface area contributed by atoms with E-state index < -0.39 is 12.8 Å². The van der Waals surface area contributed by atoms with E-state index in [1.165, 1.54) is 12.3 Å². The van der Waals surface area contributed by atoms with Crippen LogP contribution in [0.1, 0.15) is 10.4 Å². The summed E-state index contributed by atoms with van der Waals surface area (Å²) < 4.78 is 39.5. The molecular formula is C8H6F3NO2. The van der Waals surface area contributed by atoms with E-state index in [1.54, 1.807) is 0 Å². The molecule has 76 valence electrons. The minimum Gasteiger partial charge on any atom is -0.482 e. The van der Waals surface area contributed by atoms with Crippen molar-refractivity contribution in [3.8, 4) is 5.75 Å². The molecule has 1 aromatic heterocycles. The average molecular weight is 205 g/mol. The molecule has 0 saturated carbocycles. The first-order valence-electron chi connectivity index (χ1n) is 3.61. The Morgan fingerprint density at radius 1 is 1.43 bits per heavy atom. The number of carbonyl (C=O) groups is 1. The minimum absolute atomic E-state index is 0.0769. The third-order valence-corrected chi connectivity index (χ3v) is 1.27. The van der Waals surface area contributed by atoms with Crippen molar-refractivity contribution in [2.45, 2.75) is 6.18 Å². The highest BCUT2D eigenvalue weighted by molar-refractivity contribution is 5.74. The lowest BCUT2D eigenvalue weighted by molar-refractivity contribution is -0.153. The van der Waals surface area contributed by atoms with Gasteiger partial charge in [-0.25, -0.2) is 0 Å². The molecule has 6 heteroatoms. The first kappa shape index (κ1) is 10.5. The van der Waals surface area contributed by atoms with Crippen LogP contribution in [0.15, 0.2) is 18.5 Å². The molecule has 0 amide bonds. The molecule has 0 bridgehead atoms. The Morgan fingerprint density at radius 3 is 2.71 bits per heavy atom. The van der Waals surface area contributed by atoms with Gasteiger partial charge in [0.2, 0.25) is 0 Å². The third kappa shape index (κ3) is 3.42. The Morgan fingerprint density at radius 2 is 2.14 bits per heavy atom. The fraction of sp³-hybridized carbons (Fsp3) is 0.250. The molecule has 0 saturated heterocycles. The van der Waals surface area contributed by atoms with Crippen LogP contribution in [0.25, 0.3) is 0 Å². The summed E-state index contributed by atoms with van der Waals surface area (Å²) in [4.78, 5) is 13.8. The molecule has 0 aliphatic heterocycles. The Labute approximate surface area is 77.5 Å². The van der Waals surface area contributed by atoms with E-state index in [9.17, 15) is 18.0 Å². The standard InChI is InChI=1S/C8H6F3NO2/c9-8(10,11)5-14-7-1-6(4-13)2-12-3-7/h1-4H,5H2. The normalized spacial score (nSPS) is 11.1. The Balaban J connectivity index is 2.63. The summed E-state index contributed by atoms with van der Waals surface area (Å²) in [6.45, 7) is -1.39. The summed E-state index contributed by atoms with van der Waals surface area (Å²) in [5, 5.41) is 0. The number of nitrogens with zero attached hydrogens (tertiary/aromatic N) is 1. The fourth-order valence-corrected chi connectivity index (χ4v) is 0.744. The zero-order chi connectivity index (χ0) is 10.6. The fourth-order valence-electron chi connectivity index (χ4n) is 0.744.